The van der Waals surface area contributed by atoms with Gasteiger partial charge in [-0.2, -0.15) is 0 Å². The monoisotopic (exact) mass is 562 g/mol. The van der Waals surface area contributed by atoms with Crippen molar-refractivity contribution in [2.75, 3.05) is 17.7 Å². The number of carbonyl (C=O) groups is 2. The van der Waals surface area contributed by atoms with Crippen LogP contribution in [-0.2, 0) is 29.4 Å². The van der Waals surface area contributed by atoms with Crippen LogP contribution < -0.4 is 10.1 Å². The van der Waals surface area contributed by atoms with Gasteiger partial charge >= 0.3 is 5.97 Å². The van der Waals surface area contributed by atoms with Gasteiger partial charge in [0.15, 0.2) is 17.1 Å². The van der Waals surface area contributed by atoms with Crippen LogP contribution in [0.15, 0.2) is 23.4 Å². The van der Waals surface area contributed by atoms with Crippen molar-refractivity contribution in [3.63, 3.8) is 0 Å². The van der Waals surface area contributed by atoms with Crippen LogP contribution in [0.1, 0.15) is 65.5 Å². The van der Waals surface area contributed by atoms with Gasteiger partial charge in [-0.3, -0.25) is 4.79 Å². The van der Waals surface area contributed by atoms with Crippen LogP contribution in [0.3, 0.4) is 0 Å². The molecule has 1 amide bonds. The van der Waals surface area contributed by atoms with E-state index in [1.54, 1.807) is 13.0 Å². The van der Waals surface area contributed by atoms with E-state index in [2.05, 4.69) is 22.4 Å². The van der Waals surface area contributed by atoms with Crippen LogP contribution in [0, 0.1) is 12.8 Å². The second-order valence-electron chi connectivity index (χ2n) is 9.18. The summed E-state index contributed by atoms with van der Waals surface area (Å²) in [5, 5.41) is 13.3. The summed E-state index contributed by atoms with van der Waals surface area (Å²) in [7, 11) is 1.84. The number of fused-ring (bicyclic) bond motifs is 1. The smallest absolute Gasteiger partial charge is 0.341 e. The number of anilines is 1. The minimum absolute atomic E-state index is 0.124. The Hall–Kier alpha value is -2.56. The van der Waals surface area contributed by atoms with E-state index >= 15 is 0 Å². The largest absolute Gasteiger partial charge is 0.483 e. The molecule has 1 aliphatic rings. The van der Waals surface area contributed by atoms with Gasteiger partial charge in [0.1, 0.15) is 10.8 Å². The lowest BCUT2D eigenvalue weighted by Crippen LogP contribution is -2.18. The quantitative estimate of drug-likeness (QED) is 0.252. The molecule has 2 atom stereocenters. The van der Waals surface area contributed by atoms with Crippen molar-refractivity contribution in [1.29, 1.82) is 0 Å². The number of halogens is 1. The Bertz CT molecular complexity index is 1310. The number of ether oxygens (including phenoxy) is 2. The molecule has 1 aromatic carbocycles. The Labute approximate surface area is 230 Å². The first-order valence-corrected chi connectivity index (χ1v) is 14.4. The van der Waals surface area contributed by atoms with Crippen LogP contribution in [0.4, 0.5) is 5.00 Å². The van der Waals surface area contributed by atoms with Gasteiger partial charge in [0, 0.05) is 16.9 Å². The Morgan fingerprint density at radius 2 is 2.14 bits per heavy atom. The Balaban J connectivity index is 1.41. The summed E-state index contributed by atoms with van der Waals surface area (Å²) >= 11 is 8.86. The summed E-state index contributed by atoms with van der Waals surface area (Å²) in [6.45, 7) is 8.09. The molecule has 0 saturated heterocycles. The molecule has 1 N–H and O–H groups in total. The molecule has 3 aromatic rings. The lowest BCUT2D eigenvalue weighted by atomic mass is 9.88. The van der Waals surface area contributed by atoms with E-state index in [9.17, 15) is 9.59 Å². The van der Waals surface area contributed by atoms with E-state index < -0.39 is 0 Å². The number of amides is 1. The van der Waals surface area contributed by atoms with Crippen molar-refractivity contribution in [3.8, 4) is 5.75 Å². The molecule has 0 bridgehead atoms. The van der Waals surface area contributed by atoms with Gasteiger partial charge in [0.05, 0.1) is 17.9 Å². The predicted molar refractivity (Wildman–Crippen MR) is 147 cm³/mol. The summed E-state index contributed by atoms with van der Waals surface area (Å²) in [5.74, 6) is 1.42. The van der Waals surface area contributed by atoms with Crippen molar-refractivity contribution in [2.45, 2.75) is 58.2 Å². The Morgan fingerprint density at radius 3 is 2.86 bits per heavy atom. The van der Waals surface area contributed by atoms with E-state index in [4.69, 9.17) is 21.1 Å². The maximum Gasteiger partial charge on any atom is 0.341 e. The van der Waals surface area contributed by atoms with Gasteiger partial charge in [-0.25, -0.2) is 4.79 Å². The third-order valence-corrected chi connectivity index (χ3v) is 8.87. The maximum absolute atomic E-state index is 12.9. The number of benzene rings is 1. The van der Waals surface area contributed by atoms with Gasteiger partial charge < -0.3 is 19.4 Å². The van der Waals surface area contributed by atoms with Crippen molar-refractivity contribution in [3.05, 3.63) is 50.6 Å². The van der Waals surface area contributed by atoms with Crippen molar-refractivity contribution >= 4 is 51.6 Å². The Morgan fingerprint density at radius 1 is 1.35 bits per heavy atom. The number of carbonyl (C=O) groups excluding carboxylic acids is 2. The topological polar surface area (TPSA) is 95.3 Å². The van der Waals surface area contributed by atoms with Gasteiger partial charge in [0.2, 0.25) is 5.91 Å². The van der Waals surface area contributed by atoms with E-state index in [1.165, 1.54) is 23.1 Å². The zero-order chi connectivity index (χ0) is 26.7. The first-order chi connectivity index (χ1) is 17.7. The maximum atomic E-state index is 12.9. The molecule has 4 rings (SSSR count). The second kappa shape index (κ2) is 11.9. The molecule has 0 fully saturated rings. The van der Waals surface area contributed by atoms with Crippen LogP contribution in [0.25, 0.3) is 0 Å². The van der Waals surface area contributed by atoms with Gasteiger partial charge in [-0.1, -0.05) is 30.3 Å². The molecule has 0 spiro atoms. The highest BCUT2D eigenvalue weighted by atomic mass is 35.5. The summed E-state index contributed by atoms with van der Waals surface area (Å²) in [6.07, 6.45) is 2.40. The third-order valence-electron chi connectivity index (χ3n) is 6.25. The Kier molecular flexibility index (Phi) is 8.82. The third kappa shape index (κ3) is 6.30. The highest BCUT2D eigenvalue weighted by Gasteiger charge is 2.29. The number of hydrogen-bond acceptors (Lipinski definition) is 8. The molecule has 0 aliphatic heterocycles. The van der Waals surface area contributed by atoms with E-state index in [1.807, 2.05) is 37.6 Å². The molecular formula is C26H31ClN4O4S2. The minimum Gasteiger partial charge on any atom is -0.483 e. The highest BCUT2D eigenvalue weighted by Crippen LogP contribution is 2.40. The average Bonchev–Trinajstić information content (AvgIpc) is 3.39. The number of nitrogens with zero attached hydrogens (tertiary/aromatic N) is 3. The summed E-state index contributed by atoms with van der Waals surface area (Å²) in [5.41, 5.74) is 2.46. The number of aromatic nitrogens is 3. The van der Waals surface area contributed by atoms with E-state index in [0.29, 0.717) is 38.2 Å². The lowest BCUT2D eigenvalue weighted by Gasteiger charge is -2.18. The standard InChI is InChI=1S/C26H31ClN4O4S2/c1-6-34-25(33)22-18-9-7-14(2)11-20(18)37-24(22)28-21(32)13-36-26-30-29-23(31(26)5)16(4)35-17-8-10-19(27)15(3)12-17/h8,10,12,14,16H,6-7,9,11,13H2,1-5H3,(H,28,32). The van der Waals surface area contributed by atoms with E-state index in [-0.39, 0.29) is 30.3 Å². The van der Waals surface area contributed by atoms with Crippen molar-refractivity contribution in [2.24, 2.45) is 13.0 Å². The minimum atomic E-state index is -0.375. The summed E-state index contributed by atoms with van der Waals surface area (Å²) in [4.78, 5) is 26.7. The fourth-order valence-electron chi connectivity index (χ4n) is 4.30. The summed E-state index contributed by atoms with van der Waals surface area (Å²) < 4.78 is 13.1. The van der Waals surface area contributed by atoms with Crippen LogP contribution in [0.5, 0.6) is 5.75 Å². The number of hydrogen-bond donors (Lipinski definition) is 1. The van der Waals surface area contributed by atoms with Crippen LogP contribution in [-0.4, -0.2) is 39.0 Å². The molecule has 11 heteroatoms. The molecular weight excluding hydrogens is 532 g/mol. The van der Waals surface area contributed by atoms with Crippen LogP contribution in [0.2, 0.25) is 5.02 Å². The molecule has 1 aliphatic carbocycles. The SMILES string of the molecule is CCOC(=O)c1c(NC(=O)CSc2nnc(C(C)Oc3ccc(Cl)c(C)c3)n2C)sc2c1CCC(C)C2. The first-order valence-electron chi connectivity index (χ1n) is 12.2. The van der Waals surface area contributed by atoms with Gasteiger partial charge in [0.25, 0.3) is 0 Å². The number of thiophene rings is 1. The number of rotatable bonds is 9. The fourth-order valence-corrected chi connectivity index (χ4v) is 6.55. The number of thioether (sulfide) groups is 1. The first kappa shape index (κ1) is 27.5. The number of aryl methyl sites for hydroxylation is 1. The van der Waals surface area contributed by atoms with Crippen molar-refractivity contribution in [1.82, 2.24) is 14.8 Å². The normalized spacial score (nSPS) is 15.7. The summed E-state index contributed by atoms with van der Waals surface area (Å²) in [6, 6.07) is 5.49. The highest BCUT2D eigenvalue weighted by molar-refractivity contribution is 7.99. The molecule has 198 valence electrons. The molecule has 37 heavy (non-hydrogen) atoms. The average molecular weight is 563 g/mol. The molecule has 8 nitrogen and oxygen atoms in total. The zero-order valence-corrected chi connectivity index (χ0v) is 24.0. The molecule has 0 saturated carbocycles. The van der Waals surface area contributed by atoms with Crippen molar-refractivity contribution < 1.29 is 19.1 Å². The second-order valence-corrected chi connectivity index (χ2v) is 11.6. The zero-order valence-electron chi connectivity index (χ0n) is 21.6. The van der Waals surface area contributed by atoms with E-state index in [0.717, 1.165) is 35.3 Å². The van der Waals surface area contributed by atoms with Gasteiger partial charge in [-0.05, 0) is 75.3 Å². The molecule has 2 aromatic heterocycles. The predicted octanol–water partition coefficient (Wildman–Crippen LogP) is 6.01. The lowest BCUT2D eigenvalue weighted by molar-refractivity contribution is -0.113. The number of esters is 1. The fraction of sp³-hybridized carbons (Fsp3) is 0.462. The van der Waals surface area contributed by atoms with Gasteiger partial charge in [-0.15, -0.1) is 21.5 Å². The molecule has 0 radical (unpaired) electrons. The molecule has 2 unspecified atom stereocenters. The number of nitrogens with one attached hydrogen (secondary N) is 1. The van der Waals surface area contributed by atoms with Crippen LogP contribution >= 0.6 is 34.7 Å². The molecule has 2 heterocycles.